The van der Waals surface area contributed by atoms with Crippen molar-refractivity contribution in [2.24, 2.45) is 17.8 Å². The van der Waals surface area contributed by atoms with Crippen LogP contribution in [-0.2, 0) is 0 Å². The average Bonchev–Trinajstić information content (AvgIpc) is 2.33. The fourth-order valence-corrected chi connectivity index (χ4v) is 3.45. The predicted octanol–water partition coefficient (Wildman–Crippen LogP) is 3.93. The van der Waals surface area contributed by atoms with Gasteiger partial charge in [-0.2, -0.15) is 0 Å². The topological polar surface area (TPSA) is 3.24 Å². The molecule has 2 aliphatic rings. The molecule has 1 heterocycles. The first kappa shape index (κ1) is 12.4. The molecule has 0 spiro atoms. The van der Waals surface area contributed by atoms with E-state index in [0.29, 0.717) is 0 Å². The Hall–Kier alpha value is -0.0400. The molecule has 0 aromatic rings. The molecule has 0 N–H and O–H groups in total. The summed E-state index contributed by atoms with van der Waals surface area (Å²) in [5.41, 5.74) is 0. The maximum absolute atomic E-state index is 2.74. The van der Waals surface area contributed by atoms with Gasteiger partial charge in [0.05, 0.1) is 0 Å². The van der Waals surface area contributed by atoms with Crippen LogP contribution in [0.5, 0.6) is 0 Å². The summed E-state index contributed by atoms with van der Waals surface area (Å²) < 4.78 is 0. The molecule has 1 aliphatic carbocycles. The molecule has 1 saturated carbocycles. The largest absolute Gasteiger partial charge is 0.303 e. The van der Waals surface area contributed by atoms with Crippen molar-refractivity contribution in [2.45, 2.75) is 58.8 Å². The van der Waals surface area contributed by atoms with Crippen LogP contribution in [-0.4, -0.2) is 24.5 Å². The molecule has 1 aliphatic heterocycles. The monoisotopic (exact) mass is 223 g/mol. The van der Waals surface area contributed by atoms with Crippen molar-refractivity contribution in [3.8, 4) is 0 Å². The SMILES string of the molecule is CCC1CCN(CC2CCC(C)CC2)CC1. The van der Waals surface area contributed by atoms with Gasteiger partial charge in [0.15, 0.2) is 0 Å². The summed E-state index contributed by atoms with van der Waals surface area (Å²) in [6.07, 6.45) is 10.3. The molecule has 1 nitrogen and oxygen atoms in total. The summed E-state index contributed by atoms with van der Waals surface area (Å²) in [5.74, 6) is 3.05. The van der Waals surface area contributed by atoms with Gasteiger partial charge in [0.25, 0.3) is 0 Å². The number of rotatable bonds is 3. The van der Waals surface area contributed by atoms with Crippen molar-refractivity contribution in [2.75, 3.05) is 19.6 Å². The van der Waals surface area contributed by atoms with Crippen LogP contribution in [0.1, 0.15) is 58.8 Å². The highest BCUT2D eigenvalue weighted by atomic mass is 15.1. The van der Waals surface area contributed by atoms with Gasteiger partial charge in [-0.1, -0.05) is 33.1 Å². The second kappa shape index (κ2) is 6.05. The highest BCUT2D eigenvalue weighted by Crippen LogP contribution is 2.30. The summed E-state index contributed by atoms with van der Waals surface area (Å²) in [6, 6.07) is 0. The maximum Gasteiger partial charge on any atom is 0.000966 e. The van der Waals surface area contributed by atoms with Crippen LogP contribution in [0.15, 0.2) is 0 Å². The standard InChI is InChI=1S/C15H29N/c1-3-14-8-10-16(11-9-14)12-15-6-4-13(2)5-7-15/h13-15H,3-12H2,1-2H3. The van der Waals surface area contributed by atoms with Crippen LogP contribution >= 0.6 is 0 Å². The van der Waals surface area contributed by atoms with E-state index in [0.717, 1.165) is 17.8 Å². The van der Waals surface area contributed by atoms with Gasteiger partial charge in [-0.05, 0) is 56.5 Å². The Labute approximate surface area is 102 Å². The Morgan fingerprint density at radius 2 is 1.50 bits per heavy atom. The zero-order valence-corrected chi connectivity index (χ0v) is 11.3. The molecule has 1 saturated heterocycles. The van der Waals surface area contributed by atoms with E-state index in [2.05, 4.69) is 18.7 Å². The highest BCUT2D eigenvalue weighted by Gasteiger charge is 2.23. The van der Waals surface area contributed by atoms with Crippen LogP contribution < -0.4 is 0 Å². The van der Waals surface area contributed by atoms with Crippen molar-refractivity contribution >= 4 is 0 Å². The third-order valence-electron chi connectivity index (χ3n) is 4.94. The van der Waals surface area contributed by atoms with Crippen LogP contribution in [0, 0.1) is 17.8 Å². The smallest absolute Gasteiger partial charge is 0.000966 e. The lowest BCUT2D eigenvalue weighted by molar-refractivity contribution is 0.137. The molecular formula is C15H29N. The van der Waals surface area contributed by atoms with Gasteiger partial charge < -0.3 is 4.90 Å². The number of likely N-dealkylation sites (tertiary alicyclic amines) is 1. The number of hydrogen-bond donors (Lipinski definition) is 0. The Kier molecular flexibility index (Phi) is 4.69. The number of piperidine rings is 1. The third-order valence-corrected chi connectivity index (χ3v) is 4.94. The molecule has 0 unspecified atom stereocenters. The van der Waals surface area contributed by atoms with Gasteiger partial charge in [-0.25, -0.2) is 0 Å². The molecule has 2 fully saturated rings. The van der Waals surface area contributed by atoms with E-state index in [9.17, 15) is 0 Å². The summed E-state index contributed by atoms with van der Waals surface area (Å²) in [7, 11) is 0. The molecule has 0 aromatic carbocycles. The van der Waals surface area contributed by atoms with E-state index in [1.807, 2.05) is 0 Å². The number of hydrogen-bond acceptors (Lipinski definition) is 1. The summed E-state index contributed by atoms with van der Waals surface area (Å²) in [5, 5.41) is 0. The minimum absolute atomic E-state index is 1.00. The second-order valence-corrected chi connectivity index (χ2v) is 6.28. The Bertz CT molecular complexity index is 186. The van der Waals surface area contributed by atoms with Gasteiger partial charge >= 0.3 is 0 Å². The van der Waals surface area contributed by atoms with Crippen LogP contribution in [0.2, 0.25) is 0 Å². The first-order valence-corrected chi connectivity index (χ1v) is 7.50. The predicted molar refractivity (Wildman–Crippen MR) is 70.6 cm³/mol. The van der Waals surface area contributed by atoms with Gasteiger partial charge in [0, 0.05) is 6.54 Å². The van der Waals surface area contributed by atoms with Crippen LogP contribution in [0.3, 0.4) is 0 Å². The summed E-state index contributed by atoms with van der Waals surface area (Å²) >= 11 is 0. The van der Waals surface area contributed by atoms with E-state index >= 15 is 0 Å². The highest BCUT2D eigenvalue weighted by molar-refractivity contribution is 4.77. The van der Waals surface area contributed by atoms with E-state index < -0.39 is 0 Å². The van der Waals surface area contributed by atoms with Crippen molar-refractivity contribution < 1.29 is 0 Å². The zero-order chi connectivity index (χ0) is 11.4. The molecular weight excluding hydrogens is 194 g/mol. The molecule has 16 heavy (non-hydrogen) atoms. The first-order chi connectivity index (χ1) is 7.78. The van der Waals surface area contributed by atoms with E-state index in [1.165, 1.54) is 64.6 Å². The molecule has 0 aromatic heterocycles. The normalized spacial score (nSPS) is 34.1. The Morgan fingerprint density at radius 3 is 2.06 bits per heavy atom. The second-order valence-electron chi connectivity index (χ2n) is 6.28. The van der Waals surface area contributed by atoms with Gasteiger partial charge in [-0.15, -0.1) is 0 Å². The fraction of sp³-hybridized carbons (Fsp3) is 1.00. The summed E-state index contributed by atoms with van der Waals surface area (Å²) in [4.78, 5) is 2.74. The van der Waals surface area contributed by atoms with Crippen molar-refractivity contribution in [3.63, 3.8) is 0 Å². The molecule has 1 heteroatoms. The minimum Gasteiger partial charge on any atom is -0.303 e. The van der Waals surface area contributed by atoms with E-state index in [4.69, 9.17) is 0 Å². The third kappa shape index (κ3) is 3.48. The van der Waals surface area contributed by atoms with Crippen LogP contribution in [0.4, 0.5) is 0 Å². The summed E-state index contributed by atoms with van der Waals surface area (Å²) in [6.45, 7) is 8.93. The zero-order valence-electron chi connectivity index (χ0n) is 11.3. The Morgan fingerprint density at radius 1 is 0.875 bits per heavy atom. The molecule has 0 radical (unpaired) electrons. The lowest BCUT2D eigenvalue weighted by Crippen LogP contribution is -2.37. The van der Waals surface area contributed by atoms with Crippen molar-refractivity contribution in [3.05, 3.63) is 0 Å². The van der Waals surface area contributed by atoms with Gasteiger partial charge in [-0.3, -0.25) is 0 Å². The van der Waals surface area contributed by atoms with Crippen molar-refractivity contribution in [1.29, 1.82) is 0 Å². The molecule has 0 atom stereocenters. The average molecular weight is 223 g/mol. The maximum atomic E-state index is 2.74. The van der Waals surface area contributed by atoms with Gasteiger partial charge in [0.1, 0.15) is 0 Å². The quantitative estimate of drug-likeness (QED) is 0.700. The Balaban J connectivity index is 1.66. The van der Waals surface area contributed by atoms with Crippen molar-refractivity contribution in [1.82, 2.24) is 4.90 Å². The van der Waals surface area contributed by atoms with E-state index in [1.54, 1.807) is 0 Å². The van der Waals surface area contributed by atoms with E-state index in [-0.39, 0.29) is 0 Å². The van der Waals surface area contributed by atoms with Gasteiger partial charge in [0.2, 0.25) is 0 Å². The fourth-order valence-electron chi connectivity index (χ4n) is 3.45. The molecule has 0 bridgehead atoms. The molecule has 94 valence electrons. The van der Waals surface area contributed by atoms with Crippen LogP contribution in [0.25, 0.3) is 0 Å². The number of nitrogens with zero attached hydrogens (tertiary/aromatic N) is 1. The lowest BCUT2D eigenvalue weighted by atomic mass is 9.82. The molecule has 2 rings (SSSR count). The minimum atomic E-state index is 1.00. The lowest BCUT2D eigenvalue weighted by Gasteiger charge is -2.36. The first-order valence-electron chi connectivity index (χ1n) is 7.50. The molecule has 0 amide bonds.